The molecular formula is C17H24N4. The second-order valence-electron chi connectivity index (χ2n) is 6.10. The van der Waals surface area contributed by atoms with E-state index in [1.807, 2.05) is 0 Å². The van der Waals surface area contributed by atoms with Gasteiger partial charge in [-0.05, 0) is 20.9 Å². The summed E-state index contributed by atoms with van der Waals surface area (Å²) in [6.07, 6.45) is 0. The summed E-state index contributed by atoms with van der Waals surface area (Å²) in [5.74, 6) is 0.983. The molecule has 0 saturated carbocycles. The van der Waals surface area contributed by atoms with Gasteiger partial charge in [-0.25, -0.2) is 4.98 Å². The van der Waals surface area contributed by atoms with Crippen LogP contribution in [0.1, 0.15) is 17.0 Å². The van der Waals surface area contributed by atoms with Gasteiger partial charge in [-0.15, -0.1) is 0 Å². The van der Waals surface area contributed by atoms with E-state index in [0.717, 1.165) is 44.1 Å². The Balaban J connectivity index is 1.73. The number of hydrogen-bond donors (Lipinski definition) is 1. The van der Waals surface area contributed by atoms with E-state index in [4.69, 9.17) is 4.98 Å². The number of benzene rings is 1. The van der Waals surface area contributed by atoms with Gasteiger partial charge in [0.2, 0.25) is 0 Å². The molecule has 21 heavy (non-hydrogen) atoms. The van der Waals surface area contributed by atoms with Crippen molar-refractivity contribution in [2.75, 3.05) is 33.2 Å². The molecule has 0 aliphatic carbocycles. The highest BCUT2D eigenvalue weighted by Crippen LogP contribution is 2.19. The molecule has 2 aromatic rings. The third-order valence-corrected chi connectivity index (χ3v) is 4.28. The minimum atomic E-state index is 0.946. The Morgan fingerprint density at radius 3 is 2.38 bits per heavy atom. The lowest BCUT2D eigenvalue weighted by atomic mass is 10.1. The number of hydrogen-bond acceptors (Lipinski definition) is 3. The molecule has 112 valence electrons. The number of imidazole rings is 1. The van der Waals surface area contributed by atoms with Gasteiger partial charge in [0.15, 0.2) is 0 Å². The summed E-state index contributed by atoms with van der Waals surface area (Å²) in [5.41, 5.74) is 4.80. The summed E-state index contributed by atoms with van der Waals surface area (Å²) in [6.45, 7) is 9.72. The van der Waals surface area contributed by atoms with Crippen molar-refractivity contribution in [1.82, 2.24) is 19.8 Å². The molecule has 1 N–H and O–H groups in total. The summed E-state index contributed by atoms with van der Waals surface area (Å²) in [6, 6.07) is 8.53. The molecule has 1 saturated heterocycles. The van der Waals surface area contributed by atoms with Crippen molar-refractivity contribution in [3.8, 4) is 11.4 Å². The van der Waals surface area contributed by atoms with E-state index in [1.54, 1.807) is 0 Å². The predicted octanol–water partition coefficient (Wildman–Crippen LogP) is 2.44. The zero-order chi connectivity index (χ0) is 14.8. The van der Waals surface area contributed by atoms with Crippen LogP contribution in [0.3, 0.4) is 0 Å². The van der Waals surface area contributed by atoms with Crippen molar-refractivity contribution in [2.45, 2.75) is 20.4 Å². The third kappa shape index (κ3) is 3.34. The summed E-state index contributed by atoms with van der Waals surface area (Å²) in [5, 5.41) is 0. The molecule has 0 atom stereocenters. The molecule has 0 unspecified atom stereocenters. The lowest BCUT2D eigenvalue weighted by Crippen LogP contribution is -2.44. The van der Waals surface area contributed by atoms with Gasteiger partial charge >= 0.3 is 0 Å². The van der Waals surface area contributed by atoms with Crippen LogP contribution >= 0.6 is 0 Å². The molecule has 0 amide bonds. The molecular weight excluding hydrogens is 260 g/mol. The Kier molecular flexibility index (Phi) is 4.08. The Morgan fingerprint density at radius 1 is 1.05 bits per heavy atom. The first kappa shape index (κ1) is 14.3. The topological polar surface area (TPSA) is 35.2 Å². The highest BCUT2D eigenvalue weighted by molar-refractivity contribution is 5.56. The fourth-order valence-electron chi connectivity index (χ4n) is 2.72. The average Bonchev–Trinajstić information content (AvgIpc) is 2.83. The SMILES string of the molecule is Cc1ccc(-c2nc(CN3CCN(C)CC3)c(C)[nH]2)cc1. The maximum atomic E-state index is 4.81. The van der Waals surface area contributed by atoms with Crippen molar-refractivity contribution in [2.24, 2.45) is 0 Å². The second kappa shape index (κ2) is 6.00. The number of nitrogens with one attached hydrogen (secondary N) is 1. The number of aromatic amines is 1. The molecule has 2 heterocycles. The largest absolute Gasteiger partial charge is 0.342 e. The molecule has 1 aromatic heterocycles. The van der Waals surface area contributed by atoms with Crippen LogP contribution in [0.2, 0.25) is 0 Å². The number of likely N-dealkylation sites (N-methyl/N-ethyl adjacent to an activating group) is 1. The lowest BCUT2D eigenvalue weighted by molar-refractivity contribution is 0.147. The maximum absolute atomic E-state index is 4.81. The third-order valence-electron chi connectivity index (χ3n) is 4.28. The van der Waals surface area contributed by atoms with E-state index in [1.165, 1.54) is 17.0 Å². The molecule has 0 spiro atoms. The fourth-order valence-corrected chi connectivity index (χ4v) is 2.72. The van der Waals surface area contributed by atoms with Gasteiger partial charge in [0.25, 0.3) is 0 Å². The van der Waals surface area contributed by atoms with Crippen LogP contribution < -0.4 is 0 Å². The van der Waals surface area contributed by atoms with Crippen LogP contribution in [0, 0.1) is 13.8 Å². The quantitative estimate of drug-likeness (QED) is 0.940. The normalized spacial score (nSPS) is 17.3. The summed E-state index contributed by atoms with van der Waals surface area (Å²) in [7, 11) is 2.19. The van der Waals surface area contributed by atoms with Crippen LogP contribution in [0.4, 0.5) is 0 Å². The van der Waals surface area contributed by atoms with Gasteiger partial charge in [-0.3, -0.25) is 4.90 Å². The predicted molar refractivity (Wildman–Crippen MR) is 86.3 cm³/mol. The summed E-state index contributed by atoms with van der Waals surface area (Å²) >= 11 is 0. The number of aryl methyl sites for hydroxylation is 2. The van der Waals surface area contributed by atoms with Crippen molar-refractivity contribution >= 4 is 0 Å². The van der Waals surface area contributed by atoms with Crippen molar-refractivity contribution in [1.29, 1.82) is 0 Å². The minimum Gasteiger partial charge on any atom is -0.342 e. The van der Waals surface area contributed by atoms with E-state index >= 15 is 0 Å². The molecule has 0 bridgehead atoms. The molecule has 3 rings (SSSR count). The van der Waals surface area contributed by atoms with Gasteiger partial charge in [0, 0.05) is 44.0 Å². The fraction of sp³-hybridized carbons (Fsp3) is 0.471. The van der Waals surface area contributed by atoms with E-state index in [-0.39, 0.29) is 0 Å². The van der Waals surface area contributed by atoms with Crippen molar-refractivity contribution in [3.63, 3.8) is 0 Å². The van der Waals surface area contributed by atoms with E-state index < -0.39 is 0 Å². The van der Waals surface area contributed by atoms with E-state index in [9.17, 15) is 0 Å². The minimum absolute atomic E-state index is 0.946. The molecule has 4 nitrogen and oxygen atoms in total. The van der Waals surface area contributed by atoms with Gasteiger partial charge in [-0.1, -0.05) is 29.8 Å². The number of rotatable bonds is 3. The Bertz CT molecular complexity index is 592. The molecule has 1 aromatic carbocycles. The Hall–Kier alpha value is -1.65. The molecule has 1 aliphatic rings. The van der Waals surface area contributed by atoms with Crippen LogP contribution in [-0.2, 0) is 6.54 Å². The Morgan fingerprint density at radius 2 is 1.71 bits per heavy atom. The molecule has 1 fully saturated rings. The van der Waals surface area contributed by atoms with Gasteiger partial charge in [0.05, 0.1) is 5.69 Å². The van der Waals surface area contributed by atoms with Gasteiger partial charge < -0.3 is 9.88 Å². The maximum Gasteiger partial charge on any atom is 0.137 e. The second-order valence-corrected chi connectivity index (χ2v) is 6.10. The lowest BCUT2D eigenvalue weighted by Gasteiger charge is -2.31. The number of nitrogens with zero attached hydrogens (tertiary/aromatic N) is 3. The van der Waals surface area contributed by atoms with Gasteiger partial charge in [0.1, 0.15) is 5.82 Å². The van der Waals surface area contributed by atoms with Crippen molar-refractivity contribution < 1.29 is 0 Å². The first-order chi connectivity index (χ1) is 10.1. The number of H-pyrrole nitrogens is 1. The van der Waals surface area contributed by atoms with Crippen LogP contribution in [0.15, 0.2) is 24.3 Å². The standard InChI is InChI=1S/C17H24N4/c1-13-4-6-15(7-5-13)17-18-14(2)16(19-17)12-21-10-8-20(3)9-11-21/h4-7H,8-12H2,1-3H3,(H,18,19). The monoisotopic (exact) mass is 284 g/mol. The number of piperazine rings is 1. The molecule has 1 aliphatic heterocycles. The zero-order valence-corrected chi connectivity index (χ0v) is 13.2. The first-order valence-electron chi connectivity index (χ1n) is 7.65. The highest BCUT2D eigenvalue weighted by Gasteiger charge is 2.17. The molecule has 4 heteroatoms. The van der Waals surface area contributed by atoms with Crippen molar-refractivity contribution in [3.05, 3.63) is 41.2 Å². The smallest absolute Gasteiger partial charge is 0.137 e. The van der Waals surface area contributed by atoms with E-state index in [2.05, 4.69) is 59.9 Å². The van der Waals surface area contributed by atoms with E-state index in [0.29, 0.717) is 0 Å². The summed E-state index contributed by atoms with van der Waals surface area (Å²) < 4.78 is 0. The first-order valence-corrected chi connectivity index (χ1v) is 7.65. The van der Waals surface area contributed by atoms with Gasteiger partial charge in [-0.2, -0.15) is 0 Å². The van der Waals surface area contributed by atoms with Crippen LogP contribution in [0.25, 0.3) is 11.4 Å². The van der Waals surface area contributed by atoms with Crippen LogP contribution in [0.5, 0.6) is 0 Å². The Labute approximate surface area is 126 Å². The zero-order valence-electron chi connectivity index (χ0n) is 13.2. The summed E-state index contributed by atoms with van der Waals surface area (Å²) in [4.78, 5) is 13.1. The average molecular weight is 284 g/mol. The molecule has 0 radical (unpaired) electrons. The highest BCUT2D eigenvalue weighted by atomic mass is 15.2. The number of aromatic nitrogens is 2. The van der Waals surface area contributed by atoms with Crippen LogP contribution in [-0.4, -0.2) is 53.0 Å².